The van der Waals surface area contributed by atoms with Crippen LogP contribution >= 0.6 is 0 Å². The first kappa shape index (κ1) is 17.4. The van der Waals surface area contributed by atoms with Crippen molar-refractivity contribution in [1.29, 1.82) is 0 Å². The quantitative estimate of drug-likeness (QED) is 0.570. The summed E-state index contributed by atoms with van der Waals surface area (Å²) in [5.74, 6) is 0. The van der Waals surface area contributed by atoms with Gasteiger partial charge in [0.05, 0.1) is 31.9 Å². The molecule has 1 unspecified atom stereocenters. The molecule has 25 heavy (non-hydrogen) atoms. The predicted octanol–water partition coefficient (Wildman–Crippen LogP) is -0.691. The number of aliphatic hydroxyl groups is 1. The molecule has 0 spiro atoms. The summed E-state index contributed by atoms with van der Waals surface area (Å²) in [6.45, 7) is 2.47. The normalized spacial score (nSPS) is 16.8. The van der Waals surface area contributed by atoms with Crippen molar-refractivity contribution in [3.63, 3.8) is 0 Å². The maximum absolute atomic E-state index is 12.4. The molecule has 1 aliphatic heterocycles. The number of aliphatic imine (C=N–C) groups is 1. The van der Waals surface area contributed by atoms with Gasteiger partial charge in [0.25, 0.3) is 5.56 Å². The molecule has 1 atom stereocenters. The molecule has 1 saturated heterocycles. The highest BCUT2D eigenvalue weighted by Gasteiger charge is 2.16. The van der Waals surface area contributed by atoms with E-state index in [2.05, 4.69) is 14.9 Å². The van der Waals surface area contributed by atoms with Gasteiger partial charge in [-0.15, -0.1) is 0 Å². The predicted molar refractivity (Wildman–Crippen MR) is 95.0 cm³/mol. The summed E-state index contributed by atoms with van der Waals surface area (Å²) >= 11 is 0. The van der Waals surface area contributed by atoms with Crippen LogP contribution in [0.3, 0.4) is 0 Å². The van der Waals surface area contributed by atoms with E-state index in [0.29, 0.717) is 11.2 Å². The highest BCUT2D eigenvalue weighted by Crippen LogP contribution is 2.08. The van der Waals surface area contributed by atoms with Crippen molar-refractivity contribution in [2.24, 2.45) is 19.1 Å². The summed E-state index contributed by atoms with van der Waals surface area (Å²) in [7, 11) is 3.00. The van der Waals surface area contributed by atoms with Crippen LogP contribution in [-0.4, -0.2) is 60.8 Å². The zero-order valence-electron chi connectivity index (χ0n) is 14.6. The van der Waals surface area contributed by atoms with Crippen molar-refractivity contribution < 1.29 is 5.11 Å². The van der Waals surface area contributed by atoms with Gasteiger partial charge in [-0.2, -0.15) is 0 Å². The van der Waals surface area contributed by atoms with Crippen LogP contribution < -0.4 is 11.2 Å². The average molecular weight is 348 g/mol. The highest BCUT2D eigenvalue weighted by molar-refractivity contribution is 5.69. The van der Waals surface area contributed by atoms with E-state index < -0.39 is 17.4 Å². The first-order valence-corrected chi connectivity index (χ1v) is 8.52. The zero-order valence-corrected chi connectivity index (χ0v) is 14.6. The number of aromatic nitrogens is 4. The molecule has 0 aliphatic carbocycles. The number of hydrogen-bond donors (Lipinski definition) is 1. The first-order chi connectivity index (χ1) is 12.0. The zero-order chi connectivity index (χ0) is 18.0. The van der Waals surface area contributed by atoms with Gasteiger partial charge in [0.1, 0.15) is 0 Å². The summed E-state index contributed by atoms with van der Waals surface area (Å²) in [5, 5.41) is 10.2. The Balaban J connectivity index is 1.73. The second-order valence-corrected chi connectivity index (χ2v) is 6.51. The molecule has 0 amide bonds. The third kappa shape index (κ3) is 3.51. The summed E-state index contributed by atoms with van der Waals surface area (Å²) in [6, 6.07) is 0. The van der Waals surface area contributed by atoms with Gasteiger partial charge in [-0.1, -0.05) is 0 Å². The number of hydrogen-bond acceptors (Lipinski definition) is 5. The number of aryl methyl sites for hydroxylation is 1. The van der Waals surface area contributed by atoms with Gasteiger partial charge in [0, 0.05) is 27.2 Å². The van der Waals surface area contributed by atoms with Crippen molar-refractivity contribution in [2.75, 3.05) is 19.6 Å². The van der Waals surface area contributed by atoms with Gasteiger partial charge in [-0.3, -0.25) is 18.9 Å². The second-order valence-electron chi connectivity index (χ2n) is 6.51. The molecule has 1 N–H and O–H groups in total. The summed E-state index contributed by atoms with van der Waals surface area (Å²) in [6.07, 6.45) is 6.16. The Morgan fingerprint density at radius 1 is 1.24 bits per heavy atom. The SMILES string of the molecule is Cn1c(=O)c2c(ncn2CC(O)CN=CN2CCCCC2)n(C)c1=O. The minimum atomic E-state index is -0.736. The Labute approximate surface area is 144 Å². The van der Waals surface area contributed by atoms with E-state index >= 15 is 0 Å². The van der Waals surface area contributed by atoms with E-state index in [9.17, 15) is 14.7 Å². The van der Waals surface area contributed by atoms with Crippen molar-refractivity contribution >= 4 is 17.5 Å². The molecule has 2 aromatic rings. The third-order valence-electron chi connectivity index (χ3n) is 4.58. The first-order valence-electron chi connectivity index (χ1n) is 8.52. The Morgan fingerprint density at radius 3 is 2.68 bits per heavy atom. The van der Waals surface area contributed by atoms with Crippen LogP contribution in [0.4, 0.5) is 0 Å². The van der Waals surface area contributed by atoms with Crippen LogP contribution in [0, 0.1) is 0 Å². The molecular weight excluding hydrogens is 324 g/mol. The fraction of sp³-hybridized carbons (Fsp3) is 0.625. The third-order valence-corrected chi connectivity index (χ3v) is 4.58. The van der Waals surface area contributed by atoms with Crippen molar-refractivity contribution in [3.05, 3.63) is 27.2 Å². The highest BCUT2D eigenvalue weighted by atomic mass is 16.3. The Bertz CT molecular complexity index is 888. The Kier molecular flexibility index (Phi) is 5.03. The second kappa shape index (κ2) is 7.22. The van der Waals surface area contributed by atoms with Crippen molar-refractivity contribution in [1.82, 2.24) is 23.6 Å². The fourth-order valence-electron chi connectivity index (χ4n) is 3.14. The molecule has 0 aromatic carbocycles. The van der Waals surface area contributed by atoms with Gasteiger partial charge in [0.2, 0.25) is 0 Å². The molecular formula is C16H24N6O3. The molecule has 0 radical (unpaired) electrons. The molecule has 0 saturated carbocycles. The lowest BCUT2D eigenvalue weighted by atomic mass is 10.1. The number of imidazole rings is 1. The lowest BCUT2D eigenvalue weighted by Gasteiger charge is -2.24. The topological polar surface area (TPSA) is 97.6 Å². The number of aliphatic hydroxyl groups excluding tert-OH is 1. The lowest BCUT2D eigenvalue weighted by molar-refractivity contribution is 0.163. The largest absolute Gasteiger partial charge is 0.389 e. The van der Waals surface area contributed by atoms with E-state index in [1.54, 1.807) is 18.0 Å². The van der Waals surface area contributed by atoms with Crippen molar-refractivity contribution in [3.8, 4) is 0 Å². The van der Waals surface area contributed by atoms with E-state index in [-0.39, 0.29) is 13.1 Å². The fourth-order valence-corrected chi connectivity index (χ4v) is 3.14. The average Bonchev–Trinajstić information content (AvgIpc) is 3.02. The summed E-state index contributed by atoms with van der Waals surface area (Å²) in [5.41, 5.74) is -0.213. The van der Waals surface area contributed by atoms with Crippen LogP contribution in [0.15, 0.2) is 20.9 Å². The molecule has 3 rings (SSSR count). The molecule has 136 valence electrons. The number of nitrogens with zero attached hydrogens (tertiary/aromatic N) is 6. The maximum atomic E-state index is 12.4. The minimum Gasteiger partial charge on any atom is -0.389 e. The van der Waals surface area contributed by atoms with E-state index in [4.69, 9.17) is 0 Å². The molecule has 0 bridgehead atoms. The van der Waals surface area contributed by atoms with Gasteiger partial charge >= 0.3 is 5.69 Å². The van der Waals surface area contributed by atoms with Crippen LogP contribution in [-0.2, 0) is 20.6 Å². The van der Waals surface area contributed by atoms with E-state index in [0.717, 1.165) is 17.7 Å². The van der Waals surface area contributed by atoms with Crippen molar-refractivity contribution in [2.45, 2.75) is 31.9 Å². The van der Waals surface area contributed by atoms with Gasteiger partial charge in [-0.05, 0) is 19.3 Å². The van der Waals surface area contributed by atoms with Crippen LogP contribution in [0.2, 0.25) is 0 Å². The lowest BCUT2D eigenvalue weighted by Crippen LogP contribution is -2.38. The smallest absolute Gasteiger partial charge is 0.332 e. The van der Waals surface area contributed by atoms with Crippen LogP contribution in [0.25, 0.3) is 11.2 Å². The van der Waals surface area contributed by atoms with E-state index in [1.807, 2.05) is 0 Å². The minimum absolute atomic E-state index is 0.196. The summed E-state index contributed by atoms with van der Waals surface area (Å²) < 4.78 is 3.95. The molecule has 9 nitrogen and oxygen atoms in total. The monoisotopic (exact) mass is 348 g/mol. The number of fused-ring (bicyclic) bond motifs is 1. The molecule has 1 aliphatic rings. The number of likely N-dealkylation sites (tertiary alicyclic amines) is 1. The standard InChI is InChI=1S/C16H24N6O3/c1-19-14-13(15(24)20(2)16(19)25)22(11-18-14)9-12(23)8-17-10-21-6-4-3-5-7-21/h10-12,23H,3-9H2,1-2H3. The molecule has 3 heterocycles. The summed E-state index contributed by atoms with van der Waals surface area (Å²) in [4.78, 5) is 34.9. The Hall–Kier alpha value is -2.42. The van der Waals surface area contributed by atoms with Gasteiger partial charge in [0.15, 0.2) is 11.2 Å². The molecule has 2 aromatic heterocycles. The maximum Gasteiger partial charge on any atom is 0.332 e. The van der Waals surface area contributed by atoms with Gasteiger partial charge < -0.3 is 14.6 Å². The van der Waals surface area contributed by atoms with Gasteiger partial charge in [-0.25, -0.2) is 9.78 Å². The van der Waals surface area contributed by atoms with Crippen LogP contribution in [0.5, 0.6) is 0 Å². The molecule has 1 fully saturated rings. The molecule has 9 heteroatoms. The number of rotatable bonds is 5. The number of piperidine rings is 1. The van der Waals surface area contributed by atoms with E-state index in [1.165, 1.54) is 37.2 Å². The van der Waals surface area contributed by atoms with Crippen LogP contribution in [0.1, 0.15) is 19.3 Å². The Morgan fingerprint density at radius 2 is 1.96 bits per heavy atom.